The summed E-state index contributed by atoms with van der Waals surface area (Å²) in [5.74, 6) is 0.0212. The zero-order chi connectivity index (χ0) is 15.0. The van der Waals surface area contributed by atoms with Gasteiger partial charge in [-0.2, -0.15) is 0 Å². The van der Waals surface area contributed by atoms with Gasteiger partial charge in [-0.05, 0) is 25.7 Å². The van der Waals surface area contributed by atoms with E-state index in [0.717, 1.165) is 12.8 Å². The van der Waals surface area contributed by atoms with Crippen molar-refractivity contribution in [1.82, 2.24) is 15.5 Å². The summed E-state index contributed by atoms with van der Waals surface area (Å²) in [5.41, 5.74) is 0.468. The quantitative estimate of drug-likeness (QED) is 0.599. The Labute approximate surface area is 123 Å². The minimum Gasteiger partial charge on any atom is -0.463 e. The molecule has 7 nitrogen and oxygen atoms in total. The van der Waals surface area contributed by atoms with Crippen LogP contribution in [0.5, 0.6) is 0 Å². The molecule has 3 rings (SSSR count). The van der Waals surface area contributed by atoms with E-state index in [-0.39, 0.29) is 12.6 Å². The van der Waals surface area contributed by atoms with Gasteiger partial charge in [-0.1, -0.05) is 0 Å². The third kappa shape index (κ3) is 2.89. The van der Waals surface area contributed by atoms with Gasteiger partial charge in [0.25, 0.3) is 0 Å². The van der Waals surface area contributed by atoms with Crippen molar-refractivity contribution in [2.45, 2.75) is 25.4 Å². The lowest BCUT2D eigenvalue weighted by atomic mass is 9.88. The summed E-state index contributed by atoms with van der Waals surface area (Å²) in [6.07, 6.45) is 2.20. The van der Waals surface area contributed by atoms with Gasteiger partial charge in [-0.3, -0.25) is 4.90 Å². The number of carbonyl (C=O) groups excluding carboxylic acids is 2. The number of nitrogens with zero attached hydrogens (tertiary/aromatic N) is 1. The van der Waals surface area contributed by atoms with Crippen molar-refractivity contribution >= 4 is 12.0 Å². The first kappa shape index (κ1) is 14.3. The van der Waals surface area contributed by atoms with Crippen molar-refractivity contribution in [2.24, 2.45) is 5.92 Å². The van der Waals surface area contributed by atoms with E-state index >= 15 is 0 Å². The lowest BCUT2D eigenvalue weighted by molar-refractivity contribution is -0.138. The predicted octanol–water partition coefficient (Wildman–Crippen LogP) is -0.427. The Morgan fingerprint density at radius 2 is 2.19 bits per heavy atom. The molecule has 0 aromatic rings. The average Bonchev–Trinajstić information content (AvgIpc) is 3.21. The number of hydrogen-bond acceptors (Lipinski definition) is 5. The third-order valence-electron chi connectivity index (χ3n) is 4.29. The molecule has 3 aliphatic rings. The number of urea groups is 1. The van der Waals surface area contributed by atoms with Crippen LogP contribution < -0.4 is 10.6 Å². The zero-order valence-electron chi connectivity index (χ0n) is 12.1. The highest BCUT2D eigenvalue weighted by atomic mass is 16.5. The molecule has 0 aromatic carbocycles. The van der Waals surface area contributed by atoms with E-state index in [1.807, 2.05) is 4.90 Å². The van der Waals surface area contributed by atoms with Crippen LogP contribution in [0.2, 0.25) is 0 Å². The average molecular weight is 295 g/mol. The number of nitrogens with one attached hydrogen (secondary N) is 2. The second-order valence-corrected chi connectivity index (χ2v) is 6.01. The van der Waals surface area contributed by atoms with Gasteiger partial charge in [0.15, 0.2) is 0 Å². The Balaban J connectivity index is 1.65. The maximum Gasteiger partial charge on any atom is 0.337 e. The molecule has 1 saturated carbocycles. The van der Waals surface area contributed by atoms with Crippen molar-refractivity contribution in [3.8, 4) is 0 Å². The van der Waals surface area contributed by atoms with E-state index in [1.54, 1.807) is 6.92 Å². The molecule has 0 radical (unpaired) electrons. The first-order chi connectivity index (χ1) is 10.0. The number of carbonyl (C=O) groups is 2. The Bertz CT molecular complexity index is 492. The highest BCUT2D eigenvalue weighted by Crippen LogP contribution is 2.44. The van der Waals surface area contributed by atoms with E-state index in [0.29, 0.717) is 43.4 Å². The number of ether oxygens (including phenoxy) is 1. The predicted molar refractivity (Wildman–Crippen MR) is 74.3 cm³/mol. The maximum absolute atomic E-state index is 11.9. The van der Waals surface area contributed by atoms with Crippen LogP contribution in [0.15, 0.2) is 11.3 Å². The first-order valence-corrected chi connectivity index (χ1v) is 7.40. The fraction of sp³-hybridized carbons (Fsp3) is 0.714. The monoisotopic (exact) mass is 295 g/mol. The van der Waals surface area contributed by atoms with Gasteiger partial charge in [-0.25, -0.2) is 9.59 Å². The zero-order valence-corrected chi connectivity index (χ0v) is 12.1. The molecule has 1 saturated heterocycles. The maximum atomic E-state index is 11.9. The van der Waals surface area contributed by atoms with E-state index < -0.39 is 11.6 Å². The molecule has 0 bridgehead atoms. The van der Waals surface area contributed by atoms with Gasteiger partial charge in [0.2, 0.25) is 0 Å². The molecule has 7 heteroatoms. The summed E-state index contributed by atoms with van der Waals surface area (Å²) in [6.45, 7) is 3.88. The van der Waals surface area contributed by atoms with Crippen LogP contribution in [0, 0.1) is 5.92 Å². The molecular formula is C14H21N3O4. The number of aliphatic hydroxyl groups is 1. The number of rotatable bonds is 5. The number of hydrogen-bond donors (Lipinski definition) is 3. The molecular weight excluding hydrogens is 274 g/mol. The molecule has 116 valence electrons. The van der Waals surface area contributed by atoms with Gasteiger partial charge in [-0.15, -0.1) is 0 Å². The lowest BCUT2D eigenvalue weighted by Gasteiger charge is -2.47. The van der Waals surface area contributed by atoms with Gasteiger partial charge >= 0.3 is 12.0 Å². The largest absolute Gasteiger partial charge is 0.463 e. The fourth-order valence-corrected chi connectivity index (χ4v) is 3.02. The second kappa shape index (κ2) is 5.31. The molecule has 0 unspecified atom stereocenters. The summed E-state index contributed by atoms with van der Waals surface area (Å²) in [6, 6.07) is -0.309. The minimum atomic E-state index is -0.568. The topological polar surface area (TPSA) is 90.9 Å². The van der Waals surface area contributed by atoms with Crippen molar-refractivity contribution in [3.05, 3.63) is 11.3 Å². The van der Waals surface area contributed by atoms with E-state index in [2.05, 4.69) is 10.6 Å². The van der Waals surface area contributed by atoms with Gasteiger partial charge in [0, 0.05) is 25.3 Å². The molecule has 0 spiro atoms. The Kier molecular flexibility index (Phi) is 3.62. The van der Waals surface area contributed by atoms with Crippen LogP contribution >= 0.6 is 0 Å². The van der Waals surface area contributed by atoms with E-state index in [1.165, 1.54) is 0 Å². The van der Waals surface area contributed by atoms with Gasteiger partial charge < -0.3 is 20.5 Å². The number of β-amino-alcohol motifs (C(OH)–C–C–N with tert-alkyl or cyclic N) is 1. The summed E-state index contributed by atoms with van der Waals surface area (Å²) in [7, 11) is 0. The molecule has 0 aromatic heterocycles. The molecule has 2 fully saturated rings. The van der Waals surface area contributed by atoms with Crippen molar-refractivity contribution in [1.29, 1.82) is 0 Å². The number of esters is 1. The summed E-state index contributed by atoms with van der Waals surface area (Å²) < 4.78 is 5.01. The van der Waals surface area contributed by atoms with Crippen LogP contribution in [0.25, 0.3) is 0 Å². The van der Waals surface area contributed by atoms with Crippen LogP contribution in [0.4, 0.5) is 4.79 Å². The van der Waals surface area contributed by atoms with Crippen molar-refractivity contribution < 1.29 is 19.4 Å². The Hall–Kier alpha value is -1.60. The molecule has 1 aliphatic carbocycles. The SMILES string of the molecule is CCOC(=O)C1=C(CN2CC(O)(C3CC3)C2)NC(=O)NC1. The van der Waals surface area contributed by atoms with Crippen LogP contribution in [0.3, 0.4) is 0 Å². The summed E-state index contributed by atoms with van der Waals surface area (Å²) in [4.78, 5) is 25.4. The highest BCUT2D eigenvalue weighted by molar-refractivity contribution is 5.93. The minimum absolute atomic E-state index is 0.181. The Morgan fingerprint density at radius 3 is 2.81 bits per heavy atom. The number of amides is 2. The fourth-order valence-electron chi connectivity index (χ4n) is 3.02. The summed E-state index contributed by atoms with van der Waals surface area (Å²) in [5, 5.41) is 15.6. The van der Waals surface area contributed by atoms with Crippen LogP contribution in [0.1, 0.15) is 19.8 Å². The van der Waals surface area contributed by atoms with Gasteiger partial charge in [0.1, 0.15) is 0 Å². The molecule has 3 N–H and O–H groups in total. The normalized spacial score (nSPS) is 25.0. The third-order valence-corrected chi connectivity index (χ3v) is 4.29. The molecule has 2 aliphatic heterocycles. The second-order valence-electron chi connectivity index (χ2n) is 6.01. The highest BCUT2D eigenvalue weighted by Gasteiger charge is 2.51. The van der Waals surface area contributed by atoms with Crippen molar-refractivity contribution in [2.75, 3.05) is 32.8 Å². The standard InChI is InChI=1S/C14H21N3O4/c1-2-21-12(18)10-5-15-13(19)16-11(10)6-17-7-14(20,8-17)9-3-4-9/h9,20H,2-8H2,1H3,(H2,15,16,19). The van der Waals surface area contributed by atoms with E-state index in [4.69, 9.17) is 4.74 Å². The molecule has 21 heavy (non-hydrogen) atoms. The molecule has 2 heterocycles. The lowest BCUT2D eigenvalue weighted by Crippen LogP contribution is -2.64. The first-order valence-electron chi connectivity index (χ1n) is 7.40. The van der Waals surface area contributed by atoms with Crippen molar-refractivity contribution in [3.63, 3.8) is 0 Å². The molecule has 2 amide bonds. The molecule has 0 atom stereocenters. The van der Waals surface area contributed by atoms with E-state index in [9.17, 15) is 14.7 Å². The number of likely N-dealkylation sites (tertiary alicyclic amines) is 1. The Morgan fingerprint density at radius 1 is 1.48 bits per heavy atom. The summed E-state index contributed by atoms with van der Waals surface area (Å²) >= 11 is 0. The van der Waals surface area contributed by atoms with Crippen LogP contribution in [-0.2, 0) is 9.53 Å². The van der Waals surface area contributed by atoms with Gasteiger partial charge in [0.05, 0.1) is 24.3 Å². The smallest absolute Gasteiger partial charge is 0.337 e. The van der Waals surface area contributed by atoms with Crippen LogP contribution in [-0.4, -0.2) is 60.4 Å².